The van der Waals surface area contributed by atoms with Gasteiger partial charge in [0.25, 0.3) is 0 Å². The number of pyridine rings is 1. The first-order valence-electron chi connectivity index (χ1n) is 9.02. The lowest BCUT2D eigenvalue weighted by molar-refractivity contribution is -0.119. The monoisotopic (exact) mass is 532 g/mol. The second-order valence-electron chi connectivity index (χ2n) is 7.33. The lowest BCUT2D eigenvalue weighted by Crippen LogP contribution is -2.32. The lowest BCUT2D eigenvalue weighted by Gasteiger charge is -2.20. The van der Waals surface area contributed by atoms with Crippen LogP contribution in [0, 0.1) is 23.5 Å². The number of carbonyl (C=O) groups is 1. The van der Waals surface area contributed by atoms with Crippen molar-refractivity contribution in [3.8, 4) is 11.8 Å². The number of carbonyl (C=O) groups excluding carboxylic acids is 1. The fourth-order valence-corrected chi connectivity index (χ4v) is 3.30. The second-order valence-corrected chi connectivity index (χ2v) is 11.0. The van der Waals surface area contributed by atoms with Crippen LogP contribution in [0.1, 0.15) is 36.8 Å². The van der Waals surface area contributed by atoms with Gasteiger partial charge in [-0.3, -0.25) is 4.79 Å². The predicted molar refractivity (Wildman–Crippen MR) is 119 cm³/mol. The van der Waals surface area contributed by atoms with Crippen molar-refractivity contribution >= 4 is 43.3 Å². The fourth-order valence-electron chi connectivity index (χ4n) is 2.49. The first kappa shape index (κ1) is 25.2. The first-order valence-corrected chi connectivity index (χ1v) is 12.2. The van der Waals surface area contributed by atoms with Crippen molar-refractivity contribution < 1.29 is 22.0 Å². The van der Waals surface area contributed by atoms with Crippen molar-refractivity contribution in [2.24, 2.45) is 0 Å². The molecular formula is C21H20BrClF2N2O3S. The van der Waals surface area contributed by atoms with Gasteiger partial charge in [0.15, 0.2) is 9.84 Å². The van der Waals surface area contributed by atoms with Gasteiger partial charge in [0.2, 0.25) is 5.91 Å². The number of nitrogens with zero attached hydrogens (tertiary/aromatic N) is 1. The molecule has 0 aliphatic heterocycles. The maximum atomic E-state index is 13.6. The molecular weight excluding hydrogens is 514 g/mol. The van der Waals surface area contributed by atoms with Gasteiger partial charge in [-0.25, -0.2) is 22.2 Å². The number of hydrogen-bond donors (Lipinski definition) is 1. The van der Waals surface area contributed by atoms with Gasteiger partial charge in [0.05, 0.1) is 11.7 Å². The highest BCUT2D eigenvalue weighted by Gasteiger charge is 2.27. The van der Waals surface area contributed by atoms with E-state index < -0.39 is 38.2 Å². The van der Waals surface area contributed by atoms with Crippen LogP contribution in [0.15, 0.2) is 34.8 Å². The summed E-state index contributed by atoms with van der Waals surface area (Å²) in [5.41, 5.74) is 0.929. The number of alkyl halides is 1. The van der Waals surface area contributed by atoms with Crippen molar-refractivity contribution in [2.75, 3.05) is 12.1 Å². The summed E-state index contributed by atoms with van der Waals surface area (Å²) in [6.45, 7) is 2.97. The van der Waals surface area contributed by atoms with Crippen LogP contribution in [-0.4, -0.2) is 36.2 Å². The summed E-state index contributed by atoms with van der Waals surface area (Å²) >= 11 is 8.98. The zero-order chi connectivity index (χ0) is 23.4. The van der Waals surface area contributed by atoms with Crippen LogP contribution in [0.25, 0.3) is 0 Å². The molecule has 0 saturated heterocycles. The number of halogens is 4. The van der Waals surface area contributed by atoms with Crippen molar-refractivity contribution in [1.29, 1.82) is 0 Å². The minimum atomic E-state index is -3.43. The molecule has 0 bridgehead atoms. The van der Waals surface area contributed by atoms with Gasteiger partial charge >= 0.3 is 0 Å². The zero-order valence-electron chi connectivity index (χ0n) is 17.0. The average molecular weight is 534 g/mol. The Balaban J connectivity index is 2.48. The van der Waals surface area contributed by atoms with Crippen molar-refractivity contribution in [1.82, 2.24) is 10.3 Å². The van der Waals surface area contributed by atoms with Crippen molar-refractivity contribution in [3.05, 3.63) is 63.4 Å². The number of hydrogen-bond acceptors (Lipinski definition) is 4. The smallest absolute Gasteiger partial charge is 0.235 e. The maximum absolute atomic E-state index is 13.6. The van der Waals surface area contributed by atoms with E-state index in [1.807, 2.05) is 0 Å². The summed E-state index contributed by atoms with van der Waals surface area (Å²) in [6.07, 6.45) is 1.13. The molecule has 1 unspecified atom stereocenters. The minimum absolute atomic E-state index is 0.0363. The Morgan fingerprint density at radius 2 is 1.87 bits per heavy atom. The third-order valence-electron chi connectivity index (χ3n) is 4.44. The van der Waals surface area contributed by atoms with Gasteiger partial charge in [0, 0.05) is 16.8 Å². The van der Waals surface area contributed by atoms with E-state index in [1.165, 1.54) is 13.8 Å². The fraction of sp³-hybridized carbons (Fsp3) is 0.333. The largest absolute Gasteiger partial charge is 0.346 e. The molecule has 5 nitrogen and oxygen atoms in total. The van der Waals surface area contributed by atoms with E-state index in [9.17, 15) is 22.0 Å². The van der Waals surface area contributed by atoms with Crippen LogP contribution in [0.2, 0.25) is 0 Å². The number of amides is 1. The molecule has 1 atom stereocenters. The van der Waals surface area contributed by atoms with Gasteiger partial charge in [-0.05, 0) is 71.9 Å². The van der Waals surface area contributed by atoms with Crippen LogP contribution < -0.4 is 5.32 Å². The van der Waals surface area contributed by atoms with Gasteiger partial charge in [0.1, 0.15) is 28.0 Å². The van der Waals surface area contributed by atoms with E-state index in [0.29, 0.717) is 15.7 Å². The van der Waals surface area contributed by atoms with Gasteiger partial charge < -0.3 is 5.32 Å². The summed E-state index contributed by atoms with van der Waals surface area (Å²) in [7, 11) is -3.43. The van der Waals surface area contributed by atoms with Crippen LogP contribution in [0.3, 0.4) is 0 Å². The van der Waals surface area contributed by atoms with Crippen molar-refractivity contribution in [3.63, 3.8) is 0 Å². The molecule has 0 fully saturated rings. The molecule has 1 heterocycles. The van der Waals surface area contributed by atoms with Gasteiger partial charge in [-0.1, -0.05) is 5.92 Å². The first-order chi connectivity index (χ1) is 14.3. The molecule has 31 heavy (non-hydrogen) atoms. The zero-order valence-corrected chi connectivity index (χ0v) is 20.1. The number of aromatic nitrogens is 1. The Morgan fingerprint density at radius 3 is 2.42 bits per heavy atom. The molecule has 0 radical (unpaired) electrons. The second kappa shape index (κ2) is 10.1. The van der Waals surface area contributed by atoms with Gasteiger partial charge in [-0.15, -0.1) is 11.6 Å². The van der Waals surface area contributed by atoms with Gasteiger partial charge in [-0.2, -0.15) is 0 Å². The topological polar surface area (TPSA) is 76.1 Å². The van der Waals surface area contributed by atoms with E-state index in [1.54, 1.807) is 12.1 Å². The van der Waals surface area contributed by atoms with E-state index in [2.05, 4.69) is 38.1 Å². The summed E-state index contributed by atoms with van der Waals surface area (Å²) in [5, 5.41) is 2.68. The molecule has 0 aliphatic rings. The molecule has 2 aromatic rings. The van der Waals surface area contributed by atoms with Crippen LogP contribution in [0.4, 0.5) is 8.78 Å². The Morgan fingerprint density at radius 1 is 1.26 bits per heavy atom. The highest BCUT2D eigenvalue weighted by molar-refractivity contribution is 9.10. The molecule has 2 rings (SSSR count). The molecule has 1 amide bonds. The summed E-state index contributed by atoms with van der Waals surface area (Å²) in [6, 6.07) is 5.53. The number of rotatable bonds is 6. The Bertz CT molecular complexity index is 1140. The van der Waals surface area contributed by atoms with E-state index >= 15 is 0 Å². The van der Waals surface area contributed by atoms with Crippen LogP contribution in [0.5, 0.6) is 0 Å². The molecule has 1 N–H and O–H groups in total. The Kier molecular flexibility index (Phi) is 8.20. The number of benzene rings is 1. The number of nitrogens with one attached hydrogen (secondary N) is 1. The molecule has 10 heteroatoms. The lowest BCUT2D eigenvalue weighted by atomic mass is 10.0. The maximum Gasteiger partial charge on any atom is 0.235 e. The summed E-state index contributed by atoms with van der Waals surface area (Å²) in [4.78, 5) is 16.4. The third-order valence-corrected chi connectivity index (χ3v) is 7.31. The van der Waals surface area contributed by atoms with E-state index in [0.717, 1.165) is 24.5 Å². The standard InChI is InChI=1S/C21H20BrClF2N2O3S/c1-21(2,31(3,29)30)7-6-16-4-5-17(22)20(26-16)18(27-19(28)12-23)10-13-8-14(24)11-15(25)9-13/h4-5,8-9,11,18H,10,12H2,1-3H3,(H,27,28). The molecule has 0 aliphatic carbocycles. The summed E-state index contributed by atoms with van der Waals surface area (Å²) in [5.74, 6) is 3.15. The molecule has 0 spiro atoms. The molecule has 1 aromatic heterocycles. The van der Waals surface area contributed by atoms with E-state index in [-0.39, 0.29) is 18.0 Å². The summed E-state index contributed by atoms with van der Waals surface area (Å²) < 4.78 is 50.2. The average Bonchev–Trinajstić information content (AvgIpc) is 2.65. The molecule has 1 aromatic carbocycles. The van der Waals surface area contributed by atoms with Crippen LogP contribution >= 0.6 is 27.5 Å². The normalized spacial score (nSPS) is 12.6. The highest BCUT2D eigenvalue weighted by atomic mass is 79.9. The minimum Gasteiger partial charge on any atom is -0.346 e. The predicted octanol–water partition coefficient (Wildman–Crippen LogP) is 3.94. The Labute approximate surface area is 193 Å². The highest BCUT2D eigenvalue weighted by Crippen LogP contribution is 2.26. The van der Waals surface area contributed by atoms with E-state index in [4.69, 9.17) is 11.6 Å². The third kappa shape index (κ3) is 6.99. The molecule has 166 valence electrons. The SMILES string of the molecule is CC(C)(C#Cc1ccc(Br)c(C(Cc2cc(F)cc(F)c2)NC(=O)CCl)n1)S(C)(=O)=O. The number of sulfone groups is 1. The van der Waals surface area contributed by atoms with Crippen molar-refractivity contribution in [2.45, 2.75) is 31.1 Å². The van der Waals surface area contributed by atoms with Crippen LogP contribution in [-0.2, 0) is 21.1 Å². The molecule has 0 saturated carbocycles. The quantitative estimate of drug-likeness (QED) is 0.451. The Hall–Kier alpha value is -2.02.